The lowest BCUT2D eigenvalue weighted by molar-refractivity contribution is 0.816. The third-order valence-corrected chi connectivity index (χ3v) is 13.5. The Morgan fingerprint density at radius 3 is 2.16 bits per heavy atom. The summed E-state index contributed by atoms with van der Waals surface area (Å²) in [5.41, 5.74) is 17.6. The van der Waals surface area contributed by atoms with Gasteiger partial charge in [0, 0.05) is 49.2 Å². The number of hydrogen-bond donors (Lipinski definition) is 0. The molecule has 2 aliphatic rings. The summed E-state index contributed by atoms with van der Waals surface area (Å²) in [6.45, 7) is 0. The van der Waals surface area contributed by atoms with Gasteiger partial charge in [-0.3, -0.25) is 0 Å². The highest BCUT2D eigenvalue weighted by molar-refractivity contribution is 7.26. The van der Waals surface area contributed by atoms with Crippen LogP contribution < -0.4 is 0 Å². The standard InChI is InChI=1S/C52H31N3S/c1-2-12-31(13-3-1)52-53-48(51-49(54-52)39-20-10-11-21-45(39)56-51)30-22-24-35(25-23-30)55-44-28-33-15-5-4-14-32(33)26-40(44)43-29-42-38-19-9-8-18-37(38)41-27-34-16-6-7-17-36(34)47(46(41)42)50(43)55/h1-26,28-29,41H,27H2. The van der Waals surface area contributed by atoms with E-state index in [1.807, 2.05) is 6.07 Å². The molecular formula is C52H31N3S. The molecule has 56 heavy (non-hydrogen) atoms. The molecule has 2 aliphatic carbocycles. The van der Waals surface area contributed by atoms with Crippen molar-refractivity contribution in [3.05, 3.63) is 187 Å². The predicted molar refractivity (Wildman–Crippen MR) is 234 cm³/mol. The Balaban J connectivity index is 1.10. The largest absolute Gasteiger partial charge is 0.309 e. The molecule has 0 spiro atoms. The van der Waals surface area contributed by atoms with Crippen molar-refractivity contribution in [1.82, 2.24) is 14.5 Å². The van der Waals surface area contributed by atoms with Crippen molar-refractivity contribution in [2.75, 3.05) is 0 Å². The second-order valence-electron chi connectivity index (χ2n) is 15.2. The van der Waals surface area contributed by atoms with Crippen LogP contribution in [0.2, 0.25) is 0 Å². The fourth-order valence-corrected chi connectivity index (χ4v) is 11.0. The summed E-state index contributed by atoms with van der Waals surface area (Å²) < 4.78 is 4.88. The van der Waals surface area contributed by atoms with Crippen molar-refractivity contribution in [2.24, 2.45) is 0 Å². The maximum Gasteiger partial charge on any atom is 0.160 e. The van der Waals surface area contributed by atoms with Gasteiger partial charge in [0.15, 0.2) is 5.82 Å². The van der Waals surface area contributed by atoms with Crippen LogP contribution in [0.1, 0.15) is 22.6 Å². The second-order valence-corrected chi connectivity index (χ2v) is 16.3. The van der Waals surface area contributed by atoms with E-state index >= 15 is 0 Å². The average molecular weight is 730 g/mol. The average Bonchev–Trinajstić information content (AvgIpc) is 3.91. The molecule has 0 N–H and O–H groups in total. The van der Waals surface area contributed by atoms with Gasteiger partial charge in [-0.2, -0.15) is 0 Å². The van der Waals surface area contributed by atoms with Crippen molar-refractivity contribution in [3.63, 3.8) is 0 Å². The molecule has 8 aromatic carbocycles. The summed E-state index contributed by atoms with van der Waals surface area (Å²) in [6, 6.07) is 62.3. The van der Waals surface area contributed by atoms with Crippen LogP contribution >= 0.6 is 11.3 Å². The molecule has 0 saturated carbocycles. The molecule has 0 saturated heterocycles. The van der Waals surface area contributed by atoms with Gasteiger partial charge in [-0.25, -0.2) is 9.97 Å². The van der Waals surface area contributed by atoms with E-state index in [2.05, 4.69) is 168 Å². The van der Waals surface area contributed by atoms with E-state index in [1.54, 1.807) is 11.3 Å². The maximum absolute atomic E-state index is 5.28. The molecule has 260 valence electrons. The number of hydrogen-bond acceptors (Lipinski definition) is 3. The van der Waals surface area contributed by atoms with E-state index in [0.29, 0.717) is 5.92 Å². The Morgan fingerprint density at radius 1 is 0.554 bits per heavy atom. The van der Waals surface area contributed by atoms with Crippen LogP contribution in [-0.4, -0.2) is 14.5 Å². The zero-order valence-electron chi connectivity index (χ0n) is 30.2. The lowest BCUT2D eigenvalue weighted by Crippen LogP contribution is -2.11. The van der Waals surface area contributed by atoms with Crippen LogP contribution in [-0.2, 0) is 6.42 Å². The maximum atomic E-state index is 5.28. The van der Waals surface area contributed by atoms with E-state index in [0.717, 1.165) is 45.0 Å². The lowest BCUT2D eigenvalue weighted by atomic mass is 9.77. The van der Waals surface area contributed by atoms with Crippen LogP contribution in [0.3, 0.4) is 0 Å². The molecule has 13 rings (SSSR count). The first kappa shape index (κ1) is 30.4. The summed E-state index contributed by atoms with van der Waals surface area (Å²) in [7, 11) is 0. The molecular weight excluding hydrogens is 699 g/mol. The Morgan fingerprint density at radius 2 is 1.29 bits per heavy atom. The van der Waals surface area contributed by atoms with Gasteiger partial charge in [0.1, 0.15) is 0 Å². The Labute approximate surface area is 326 Å². The molecule has 3 heterocycles. The van der Waals surface area contributed by atoms with E-state index in [9.17, 15) is 0 Å². The fourth-order valence-electron chi connectivity index (χ4n) is 9.85. The van der Waals surface area contributed by atoms with Gasteiger partial charge in [-0.1, -0.05) is 133 Å². The van der Waals surface area contributed by atoms with Crippen LogP contribution in [0, 0.1) is 0 Å². The zero-order valence-corrected chi connectivity index (χ0v) is 31.0. The number of nitrogens with zero attached hydrogens (tertiary/aromatic N) is 3. The summed E-state index contributed by atoms with van der Waals surface area (Å²) >= 11 is 1.77. The quantitative estimate of drug-likeness (QED) is 0.181. The molecule has 3 nitrogen and oxygen atoms in total. The third kappa shape index (κ3) is 4.17. The first-order valence-electron chi connectivity index (χ1n) is 19.3. The monoisotopic (exact) mass is 729 g/mol. The minimum absolute atomic E-state index is 0.337. The molecule has 3 aromatic heterocycles. The Hall–Kier alpha value is -6.88. The topological polar surface area (TPSA) is 30.7 Å². The van der Waals surface area contributed by atoms with Crippen LogP contribution in [0.4, 0.5) is 0 Å². The Bertz CT molecular complexity index is 3450. The van der Waals surface area contributed by atoms with E-state index < -0.39 is 0 Å². The zero-order chi connectivity index (χ0) is 36.5. The SMILES string of the molecule is c1ccc(-c2nc(-c3ccc(-n4c5cc6ccccc6cc5c5cc6c7c(c54)-c4ccccc4CC7c4ccccc4-6)cc3)c3sc4ccccc4c3n2)cc1. The number of benzene rings is 8. The van der Waals surface area contributed by atoms with E-state index in [4.69, 9.17) is 9.97 Å². The number of fused-ring (bicyclic) bond motifs is 13. The second kappa shape index (κ2) is 11.3. The minimum Gasteiger partial charge on any atom is -0.309 e. The first-order chi connectivity index (χ1) is 27.8. The highest BCUT2D eigenvalue weighted by atomic mass is 32.1. The normalized spacial score (nSPS) is 14.2. The third-order valence-electron chi connectivity index (χ3n) is 12.3. The van der Waals surface area contributed by atoms with Gasteiger partial charge >= 0.3 is 0 Å². The molecule has 0 aliphatic heterocycles. The van der Waals surface area contributed by atoms with Gasteiger partial charge < -0.3 is 4.57 Å². The summed E-state index contributed by atoms with van der Waals surface area (Å²) in [6.07, 6.45) is 1.02. The van der Waals surface area contributed by atoms with Crippen LogP contribution in [0.25, 0.3) is 103 Å². The van der Waals surface area contributed by atoms with E-state index in [1.165, 1.54) is 81.6 Å². The molecule has 1 unspecified atom stereocenters. The van der Waals surface area contributed by atoms with Gasteiger partial charge in [-0.15, -0.1) is 11.3 Å². The molecule has 0 amide bonds. The molecule has 1 atom stereocenters. The summed E-state index contributed by atoms with van der Waals surface area (Å²) in [5, 5.41) is 6.25. The fraction of sp³-hybridized carbons (Fsp3) is 0.0385. The van der Waals surface area contributed by atoms with Crippen molar-refractivity contribution >= 4 is 64.2 Å². The molecule has 4 heteroatoms. The highest BCUT2D eigenvalue weighted by Crippen LogP contribution is 2.57. The molecule has 0 bridgehead atoms. The lowest BCUT2D eigenvalue weighted by Gasteiger charge is -2.27. The minimum atomic E-state index is 0.337. The molecule has 0 fully saturated rings. The van der Waals surface area contributed by atoms with Crippen molar-refractivity contribution in [3.8, 4) is 50.6 Å². The van der Waals surface area contributed by atoms with Gasteiger partial charge in [-0.05, 0) is 87.0 Å². The highest BCUT2D eigenvalue weighted by Gasteiger charge is 2.38. The molecule has 0 radical (unpaired) electrons. The van der Waals surface area contributed by atoms with Crippen LogP contribution in [0.15, 0.2) is 170 Å². The van der Waals surface area contributed by atoms with Crippen molar-refractivity contribution in [2.45, 2.75) is 12.3 Å². The van der Waals surface area contributed by atoms with Crippen LogP contribution in [0.5, 0.6) is 0 Å². The number of rotatable bonds is 3. The molecule has 11 aromatic rings. The van der Waals surface area contributed by atoms with Crippen molar-refractivity contribution < 1.29 is 0 Å². The summed E-state index contributed by atoms with van der Waals surface area (Å²) in [4.78, 5) is 10.4. The first-order valence-corrected chi connectivity index (χ1v) is 20.2. The van der Waals surface area contributed by atoms with Gasteiger partial charge in [0.2, 0.25) is 0 Å². The smallest absolute Gasteiger partial charge is 0.160 e. The van der Waals surface area contributed by atoms with Crippen molar-refractivity contribution in [1.29, 1.82) is 0 Å². The summed E-state index contributed by atoms with van der Waals surface area (Å²) in [5.74, 6) is 1.08. The van der Waals surface area contributed by atoms with E-state index in [-0.39, 0.29) is 0 Å². The predicted octanol–water partition coefficient (Wildman–Crippen LogP) is 13.8. The van der Waals surface area contributed by atoms with Gasteiger partial charge in [0.05, 0.1) is 26.9 Å². The Kier molecular flexibility index (Phi) is 6.16. The number of thiophene rings is 1. The van der Waals surface area contributed by atoms with Gasteiger partial charge in [0.25, 0.3) is 0 Å². The number of aromatic nitrogens is 3.